The zero-order valence-corrected chi connectivity index (χ0v) is 15.5. The van der Waals surface area contributed by atoms with Gasteiger partial charge in [-0.3, -0.25) is 0 Å². The van der Waals surface area contributed by atoms with Gasteiger partial charge in [0.05, 0.1) is 27.2 Å². The number of unbranched alkanes of at least 4 members (excludes halogenated alkanes) is 11. The Morgan fingerprint density at radius 2 is 1.05 bits per heavy atom. The van der Waals surface area contributed by atoms with Gasteiger partial charge < -0.3 is 9.22 Å². The zero-order chi connectivity index (χ0) is 15.8. The summed E-state index contributed by atoms with van der Waals surface area (Å²) < 4.78 is 6.28. The molecule has 0 saturated carbocycles. The molecule has 0 saturated heterocycles. The fourth-order valence-corrected chi connectivity index (χ4v) is 2.83. The molecule has 0 aromatic heterocycles. The molecule has 0 spiro atoms. The van der Waals surface area contributed by atoms with Crippen molar-refractivity contribution in [3.05, 3.63) is 0 Å². The largest absolute Gasteiger partial charge is 0.379 e. The molecule has 0 heterocycles. The summed E-state index contributed by atoms with van der Waals surface area (Å²) >= 11 is 0. The van der Waals surface area contributed by atoms with Crippen molar-refractivity contribution in [1.82, 2.24) is 0 Å². The van der Waals surface area contributed by atoms with E-state index in [1.165, 1.54) is 83.6 Å². The van der Waals surface area contributed by atoms with E-state index in [1.807, 2.05) is 0 Å². The molecule has 0 rings (SSSR count). The summed E-state index contributed by atoms with van der Waals surface area (Å²) in [5.74, 6) is 0. The molecule has 0 aromatic carbocycles. The first kappa shape index (κ1) is 20.9. The second kappa shape index (κ2) is 14.8. The number of rotatable bonds is 16. The monoisotopic (exact) mass is 300 g/mol. The highest BCUT2D eigenvalue weighted by molar-refractivity contribution is 4.48. The lowest BCUT2D eigenvalue weighted by molar-refractivity contribution is -0.890. The van der Waals surface area contributed by atoms with Gasteiger partial charge in [-0.1, -0.05) is 71.1 Å². The number of quaternary nitrogens is 1. The molecule has 0 N–H and O–H groups in total. The Labute approximate surface area is 134 Å². The quantitative estimate of drug-likeness (QED) is 0.273. The van der Waals surface area contributed by atoms with Crippen LogP contribution in [0, 0.1) is 0 Å². The summed E-state index contributed by atoms with van der Waals surface area (Å²) in [5, 5.41) is 0. The van der Waals surface area contributed by atoms with Crippen LogP contribution in [0.1, 0.15) is 84.0 Å². The van der Waals surface area contributed by atoms with Crippen molar-refractivity contribution in [2.24, 2.45) is 0 Å². The average Bonchev–Trinajstić information content (AvgIpc) is 2.46. The Bertz CT molecular complexity index is 204. The van der Waals surface area contributed by atoms with E-state index in [1.54, 1.807) is 7.11 Å². The summed E-state index contributed by atoms with van der Waals surface area (Å²) in [4.78, 5) is 0. The first-order valence-corrected chi connectivity index (χ1v) is 9.43. The predicted octanol–water partition coefficient (Wildman–Crippen LogP) is 5.41. The molecule has 0 fully saturated rings. The number of hydrogen-bond donors (Lipinski definition) is 0. The minimum Gasteiger partial charge on any atom is -0.379 e. The van der Waals surface area contributed by atoms with Crippen LogP contribution in [0.15, 0.2) is 0 Å². The lowest BCUT2D eigenvalue weighted by atomic mass is 10.1. The molecular weight excluding hydrogens is 258 g/mol. The van der Waals surface area contributed by atoms with Gasteiger partial charge in [0.2, 0.25) is 0 Å². The fourth-order valence-electron chi connectivity index (χ4n) is 2.83. The number of likely N-dealkylation sites (N-methyl/N-ethyl adjacent to an activating group) is 1. The summed E-state index contributed by atoms with van der Waals surface area (Å²) in [6.45, 7) is 5.60. The van der Waals surface area contributed by atoms with Crippen molar-refractivity contribution in [2.45, 2.75) is 84.0 Å². The van der Waals surface area contributed by atoms with Gasteiger partial charge in [0.25, 0.3) is 0 Å². The predicted molar refractivity (Wildman–Crippen MR) is 94.8 cm³/mol. The fraction of sp³-hybridized carbons (Fsp3) is 1.00. The van der Waals surface area contributed by atoms with Gasteiger partial charge in [-0.25, -0.2) is 0 Å². The maximum absolute atomic E-state index is 5.18. The molecule has 2 nitrogen and oxygen atoms in total. The van der Waals surface area contributed by atoms with Crippen molar-refractivity contribution in [1.29, 1.82) is 0 Å². The standard InChI is InChI=1S/C19H42NO/c1-5-6-7-8-9-10-11-12-13-14-15-16-17-20(2,3)18-19-21-4/h5-19H2,1-4H3/q+1. The Morgan fingerprint density at radius 1 is 0.619 bits per heavy atom. The van der Waals surface area contributed by atoms with E-state index < -0.39 is 0 Å². The summed E-state index contributed by atoms with van der Waals surface area (Å²) in [6.07, 6.45) is 17.2. The molecule has 0 aliphatic rings. The minimum atomic E-state index is 0.880. The van der Waals surface area contributed by atoms with Crippen LogP contribution < -0.4 is 0 Å². The Kier molecular flexibility index (Phi) is 14.8. The second-order valence-corrected chi connectivity index (χ2v) is 7.26. The van der Waals surface area contributed by atoms with Crippen LogP contribution in [0.4, 0.5) is 0 Å². The van der Waals surface area contributed by atoms with E-state index in [0.717, 1.165) is 17.6 Å². The maximum atomic E-state index is 5.18. The van der Waals surface area contributed by atoms with Crippen molar-refractivity contribution < 1.29 is 9.22 Å². The second-order valence-electron chi connectivity index (χ2n) is 7.26. The van der Waals surface area contributed by atoms with E-state index >= 15 is 0 Å². The highest BCUT2D eigenvalue weighted by Gasteiger charge is 2.13. The van der Waals surface area contributed by atoms with Gasteiger partial charge in [-0.05, 0) is 12.8 Å². The van der Waals surface area contributed by atoms with Gasteiger partial charge >= 0.3 is 0 Å². The Morgan fingerprint density at radius 3 is 1.48 bits per heavy atom. The van der Waals surface area contributed by atoms with Crippen LogP contribution in [0.3, 0.4) is 0 Å². The van der Waals surface area contributed by atoms with Gasteiger partial charge in [0.1, 0.15) is 6.54 Å². The molecule has 0 aliphatic heterocycles. The van der Waals surface area contributed by atoms with E-state index in [2.05, 4.69) is 21.0 Å². The molecule has 0 aromatic rings. The van der Waals surface area contributed by atoms with Gasteiger partial charge in [0.15, 0.2) is 0 Å². The summed E-state index contributed by atoms with van der Waals surface area (Å²) in [6, 6.07) is 0. The molecule has 0 unspecified atom stereocenters. The van der Waals surface area contributed by atoms with Crippen LogP contribution in [0.5, 0.6) is 0 Å². The highest BCUT2D eigenvalue weighted by Crippen LogP contribution is 2.12. The van der Waals surface area contributed by atoms with Crippen LogP contribution >= 0.6 is 0 Å². The Balaban J connectivity index is 3.18. The van der Waals surface area contributed by atoms with E-state index in [9.17, 15) is 0 Å². The highest BCUT2D eigenvalue weighted by atomic mass is 16.5. The first-order valence-electron chi connectivity index (χ1n) is 9.43. The van der Waals surface area contributed by atoms with E-state index in [0.29, 0.717) is 0 Å². The molecule has 128 valence electrons. The molecule has 0 radical (unpaired) electrons. The topological polar surface area (TPSA) is 9.23 Å². The van der Waals surface area contributed by atoms with Crippen LogP contribution in [0.25, 0.3) is 0 Å². The van der Waals surface area contributed by atoms with Crippen LogP contribution in [0.2, 0.25) is 0 Å². The lowest BCUT2D eigenvalue weighted by Gasteiger charge is -2.29. The van der Waals surface area contributed by atoms with Crippen molar-refractivity contribution in [3.8, 4) is 0 Å². The summed E-state index contributed by atoms with van der Waals surface area (Å²) in [5.41, 5.74) is 0. The third-order valence-electron chi connectivity index (χ3n) is 4.52. The SMILES string of the molecule is CCCCCCCCCCCCCC[N+](C)(C)CCOC. The third kappa shape index (κ3) is 16.1. The Hall–Kier alpha value is -0.0800. The minimum absolute atomic E-state index is 0.880. The van der Waals surface area contributed by atoms with Crippen LogP contribution in [-0.2, 0) is 4.74 Å². The molecular formula is C19H42NO+. The van der Waals surface area contributed by atoms with Crippen molar-refractivity contribution >= 4 is 0 Å². The van der Waals surface area contributed by atoms with Crippen molar-refractivity contribution in [3.63, 3.8) is 0 Å². The first-order chi connectivity index (χ1) is 10.1. The van der Waals surface area contributed by atoms with Gasteiger partial charge in [-0.15, -0.1) is 0 Å². The number of ether oxygens (including phenoxy) is 1. The van der Waals surface area contributed by atoms with Crippen LogP contribution in [-0.4, -0.2) is 45.4 Å². The third-order valence-corrected chi connectivity index (χ3v) is 4.52. The van der Waals surface area contributed by atoms with Gasteiger partial charge in [0, 0.05) is 7.11 Å². The lowest BCUT2D eigenvalue weighted by Crippen LogP contribution is -2.42. The molecule has 0 bridgehead atoms. The number of nitrogens with zero attached hydrogens (tertiary/aromatic N) is 1. The maximum Gasteiger partial charge on any atom is 0.102 e. The number of hydrogen-bond acceptors (Lipinski definition) is 1. The van der Waals surface area contributed by atoms with E-state index in [4.69, 9.17) is 4.74 Å². The van der Waals surface area contributed by atoms with Gasteiger partial charge in [-0.2, -0.15) is 0 Å². The average molecular weight is 301 g/mol. The molecule has 0 amide bonds. The molecule has 0 aliphatic carbocycles. The molecule has 0 atom stereocenters. The smallest absolute Gasteiger partial charge is 0.102 e. The molecule has 2 heteroatoms. The number of methoxy groups -OCH3 is 1. The molecule has 21 heavy (non-hydrogen) atoms. The van der Waals surface area contributed by atoms with Crippen molar-refractivity contribution in [2.75, 3.05) is 40.9 Å². The summed E-state index contributed by atoms with van der Waals surface area (Å²) in [7, 11) is 6.43. The zero-order valence-electron chi connectivity index (χ0n) is 15.5. The van der Waals surface area contributed by atoms with E-state index in [-0.39, 0.29) is 0 Å². The normalized spacial score (nSPS) is 12.0.